The van der Waals surface area contributed by atoms with Crippen molar-refractivity contribution in [3.63, 3.8) is 0 Å². The van der Waals surface area contributed by atoms with E-state index in [-0.39, 0.29) is 23.5 Å². The maximum absolute atomic E-state index is 12.2. The molecule has 2 aromatic rings. The van der Waals surface area contributed by atoms with Crippen molar-refractivity contribution in [3.05, 3.63) is 52.4 Å². The molecule has 24 heavy (non-hydrogen) atoms. The molecule has 8 heteroatoms. The summed E-state index contributed by atoms with van der Waals surface area (Å²) in [6.07, 6.45) is 0. The molecular formula is C16H20N2O5S. The number of hydrogen-bond acceptors (Lipinski definition) is 5. The highest BCUT2D eigenvalue weighted by atomic mass is 32.2. The number of nitrogens with zero attached hydrogens (tertiary/aromatic N) is 1. The Morgan fingerprint density at radius 1 is 1.04 bits per heavy atom. The summed E-state index contributed by atoms with van der Waals surface area (Å²) in [5, 5.41) is 0. The number of pyridine rings is 1. The molecule has 0 spiro atoms. The van der Waals surface area contributed by atoms with Crippen LogP contribution >= 0.6 is 0 Å². The molecule has 0 bridgehead atoms. The molecule has 1 aromatic carbocycles. The monoisotopic (exact) mass is 352 g/mol. The van der Waals surface area contributed by atoms with Crippen LogP contribution in [0.25, 0.3) is 0 Å². The lowest BCUT2D eigenvalue weighted by Crippen LogP contribution is -2.31. The Bertz CT molecular complexity index is 857. The number of sulfonamides is 1. The number of nitrogens with one attached hydrogen (secondary N) is 1. The van der Waals surface area contributed by atoms with Gasteiger partial charge in [-0.25, -0.2) is 13.1 Å². The zero-order valence-corrected chi connectivity index (χ0v) is 14.6. The molecule has 0 aliphatic heterocycles. The molecule has 2 rings (SSSR count). The summed E-state index contributed by atoms with van der Waals surface area (Å²) in [5.41, 5.74) is 0.457. The third kappa shape index (κ3) is 4.15. The first-order valence-electron chi connectivity index (χ1n) is 7.26. The van der Waals surface area contributed by atoms with Gasteiger partial charge in [0.2, 0.25) is 10.0 Å². The van der Waals surface area contributed by atoms with Crippen LogP contribution in [0.5, 0.6) is 11.5 Å². The van der Waals surface area contributed by atoms with E-state index < -0.39 is 10.0 Å². The molecule has 0 amide bonds. The first-order valence-corrected chi connectivity index (χ1v) is 8.75. The minimum Gasteiger partial charge on any atom is -0.497 e. The van der Waals surface area contributed by atoms with E-state index in [1.807, 2.05) is 0 Å². The minimum atomic E-state index is -3.64. The summed E-state index contributed by atoms with van der Waals surface area (Å²) in [4.78, 5) is 12.1. The predicted molar refractivity (Wildman–Crippen MR) is 90.2 cm³/mol. The average molecular weight is 352 g/mol. The van der Waals surface area contributed by atoms with Gasteiger partial charge in [0.25, 0.3) is 5.56 Å². The molecule has 0 fully saturated rings. The van der Waals surface area contributed by atoms with E-state index in [1.54, 1.807) is 25.1 Å². The Balaban J connectivity index is 2.06. The lowest BCUT2D eigenvalue weighted by molar-refractivity contribution is 0.411. The van der Waals surface area contributed by atoms with Crippen LogP contribution < -0.4 is 19.8 Å². The largest absolute Gasteiger partial charge is 0.497 e. The van der Waals surface area contributed by atoms with Crippen LogP contribution in [0, 0.1) is 6.92 Å². The Labute approximate surface area is 140 Å². The quantitative estimate of drug-likeness (QED) is 0.808. The standard InChI is InChI=1S/C16H20N2O5S/c1-12-10-14(23-3)11-16(19)18(12)9-8-17-24(20,21)15-6-4-13(22-2)5-7-15/h4-7,10-11,17H,8-9H2,1-3H3. The Hall–Kier alpha value is -2.32. The van der Waals surface area contributed by atoms with Gasteiger partial charge in [-0.2, -0.15) is 0 Å². The van der Waals surface area contributed by atoms with Gasteiger partial charge in [0.15, 0.2) is 0 Å². The summed E-state index contributed by atoms with van der Waals surface area (Å²) in [6, 6.07) is 9.17. The second-order valence-corrected chi connectivity index (χ2v) is 6.87. The zero-order valence-electron chi connectivity index (χ0n) is 13.8. The van der Waals surface area contributed by atoms with Crippen LogP contribution in [0.2, 0.25) is 0 Å². The molecule has 0 unspecified atom stereocenters. The molecule has 0 aliphatic rings. The van der Waals surface area contributed by atoms with Crippen molar-refractivity contribution < 1.29 is 17.9 Å². The van der Waals surface area contributed by atoms with E-state index in [4.69, 9.17) is 9.47 Å². The van der Waals surface area contributed by atoms with Gasteiger partial charge >= 0.3 is 0 Å². The molecule has 1 N–H and O–H groups in total. The molecular weight excluding hydrogens is 332 g/mol. The fourth-order valence-corrected chi connectivity index (χ4v) is 3.25. The fourth-order valence-electron chi connectivity index (χ4n) is 2.23. The van der Waals surface area contributed by atoms with Crippen LogP contribution in [-0.2, 0) is 16.6 Å². The smallest absolute Gasteiger partial charge is 0.254 e. The molecule has 0 saturated carbocycles. The Kier molecular flexibility index (Phi) is 5.63. The second-order valence-electron chi connectivity index (χ2n) is 5.10. The number of rotatable bonds is 7. The molecule has 130 valence electrons. The van der Waals surface area contributed by atoms with Crippen molar-refractivity contribution in [2.45, 2.75) is 18.4 Å². The lowest BCUT2D eigenvalue weighted by atomic mass is 10.3. The number of aryl methyl sites for hydroxylation is 1. The van der Waals surface area contributed by atoms with E-state index in [0.717, 1.165) is 0 Å². The van der Waals surface area contributed by atoms with Crippen molar-refractivity contribution in [1.82, 2.24) is 9.29 Å². The normalized spacial score (nSPS) is 11.3. The number of methoxy groups -OCH3 is 2. The highest BCUT2D eigenvalue weighted by Gasteiger charge is 2.14. The average Bonchev–Trinajstić information content (AvgIpc) is 2.57. The van der Waals surface area contributed by atoms with E-state index in [9.17, 15) is 13.2 Å². The molecule has 7 nitrogen and oxygen atoms in total. The molecule has 0 radical (unpaired) electrons. The van der Waals surface area contributed by atoms with Crippen molar-refractivity contribution in [2.75, 3.05) is 20.8 Å². The van der Waals surface area contributed by atoms with Gasteiger partial charge in [-0.3, -0.25) is 4.79 Å². The molecule has 1 aromatic heterocycles. The fraction of sp³-hybridized carbons (Fsp3) is 0.312. The van der Waals surface area contributed by atoms with Crippen LogP contribution in [0.3, 0.4) is 0 Å². The topological polar surface area (TPSA) is 86.6 Å². The lowest BCUT2D eigenvalue weighted by Gasteiger charge is -2.12. The maximum atomic E-state index is 12.2. The number of aromatic nitrogens is 1. The maximum Gasteiger partial charge on any atom is 0.254 e. The molecule has 0 atom stereocenters. The van der Waals surface area contributed by atoms with Gasteiger partial charge in [0, 0.05) is 24.8 Å². The van der Waals surface area contributed by atoms with Gasteiger partial charge in [0.05, 0.1) is 19.1 Å². The second kappa shape index (κ2) is 7.50. The van der Waals surface area contributed by atoms with Gasteiger partial charge < -0.3 is 14.0 Å². The summed E-state index contributed by atoms with van der Waals surface area (Å²) in [6.45, 7) is 2.09. The predicted octanol–water partition coefficient (Wildman–Crippen LogP) is 1.15. The van der Waals surface area contributed by atoms with Gasteiger partial charge in [-0.15, -0.1) is 0 Å². The first kappa shape index (κ1) is 18.0. The summed E-state index contributed by atoms with van der Waals surface area (Å²) >= 11 is 0. The molecule has 1 heterocycles. The molecule has 0 aliphatic carbocycles. The third-order valence-electron chi connectivity index (χ3n) is 3.54. The van der Waals surface area contributed by atoms with E-state index in [1.165, 1.54) is 37.0 Å². The number of ether oxygens (including phenoxy) is 2. The third-order valence-corrected chi connectivity index (χ3v) is 5.02. The number of hydrogen-bond donors (Lipinski definition) is 1. The van der Waals surface area contributed by atoms with Crippen LogP contribution in [0.1, 0.15) is 5.69 Å². The highest BCUT2D eigenvalue weighted by molar-refractivity contribution is 7.89. The number of benzene rings is 1. The van der Waals surface area contributed by atoms with E-state index in [2.05, 4.69) is 4.72 Å². The van der Waals surface area contributed by atoms with Crippen LogP contribution in [0.15, 0.2) is 46.1 Å². The summed E-state index contributed by atoms with van der Waals surface area (Å²) in [7, 11) is -0.641. The van der Waals surface area contributed by atoms with Crippen LogP contribution in [-0.4, -0.2) is 33.7 Å². The van der Waals surface area contributed by atoms with Crippen molar-refractivity contribution in [3.8, 4) is 11.5 Å². The van der Waals surface area contributed by atoms with Gasteiger partial charge in [0.1, 0.15) is 11.5 Å². The first-order chi connectivity index (χ1) is 11.4. The SMILES string of the molecule is COc1ccc(S(=O)(=O)NCCn2c(C)cc(OC)cc2=O)cc1. The van der Waals surface area contributed by atoms with Gasteiger partial charge in [-0.05, 0) is 37.3 Å². The highest BCUT2D eigenvalue weighted by Crippen LogP contribution is 2.15. The Morgan fingerprint density at radius 2 is 1.67 bits per heavy atom. The van der Waals surface area contributed by atoms with E-state index >= 15 is 0 Å². The summed E-state index contributed by atoms with van der Waals surface area (Å²) in [5.74, 6) is 1.06. The Morgan fingerprint density at radius 3 is 2.21 bits per heavy atom. The summed E-state index contributed by atoms with van der Waals surface area (Å²) < 4.78 is 38.5. The minimum absolute atomic E-state index is 0.0986. The van der Waals surface area contributed by atoms with E-state index in [0.29, 0.717) is 17.2 Å². The van der Waals surface area contributed by atoms with Gasteiger partial charge in [-0.1, -0.05) is 0 Å². The molecule has 0 saturated heterocycles. The van der Waals surface area contributed by atoms with Crippen molar-refractivity contribution in [1.29, 1.82) is 0 Å². The van der Waals surface area contributed by atoms with Crippen molar-refractivity contribution in [2.24, 2.45) is 0 Å². The van der Waals surface area contributed by atoms with Crippen molar-refractivity contribution >= 4 is 10.0 Å². The zero-order chi connectivity index (χ0) is 17.7. The van der Waals surface area contributed by atoms with Crippen LogP contribution in [0.4, 0.5) is 0 Å².